The molecule has 1 saturated heterocycles. The minimum atomic E-state index is -1.02. The van der Waals surface area contributed by atoms with Crippen LogP contribution in [0.2, 0.25) is 0 Å². The number of hydrogen-bond donors (Lipinski definition) is 1. The third-order valence-corrected chi connectivity index (χ3v) is 4.63. The number of rotatable bonds is 3. The molecule has 108 valence electrons. The van der Waals surface area contributed by atoms with E-state index in [1.807, 2.05) is 17.5 Å². The maximum atomic E-state index is 12.9. The molecular formula is C15H13FN2O2S. The van der Waals surface area contributed by atoms with Gasteiger partial charge in [-0.05, 0) is 36.1 Å². The molecule has 0 spiro atoms. The van der Waals surface area contributed by atoms with Crippen LogP contribution >= 0.6 is 11.3 Å². The summed E-state index contributed by atoms with van der Waals surface area (Å²) in [5.74, 6) is -0.640. The zero-order valence-corrected chi connectivity index (χ0v) is 12.1. The molecule has 1 atom stereocenters. The number of nitrogens with one attached hydrogen (secondary N) is 1. The van der Waals surface area contributed by atoms with Crippen molar-refractivity contribution in [2.75, 3.05) is 0 Å². The lowest BCUT2D eigenvalue weighted by Gasteiger charge is -2.20. The zero-order chi connectivity index (χ0) is 15.0. The molecule has 3 amide bonds. The first-order valence-electron chi connectivity index (χ1n) is 6.43. The van der Waals surface area contributed by atoms with E-state index in [1.54, 1.807) is 19.1 Å². The predicted molar refractivity (Wildman–Crippen MR) is 77.2 cm³/mol. The molecule has 1 fully saturated rings. The molecule has 1 aliphatic heterocycles. The molecule has 0 saturated carbocycles. The van der Waals surface area contributed by atoms with E-state index in [0.717, 1.165) is 9.78 Å². The molecule has 1 unspecified atom stereocenters. The van der Waals surface area contributed by atoms with Crippen LogP contribution in [0.15, 0.2) is 41.8 Å². The standard InChI is InChI=1S/C15H13FN2O2S/c1-15(12-3-2-8-21-12)13(19)18(14(20)17-15)9-10-4-6-11(16)7-5-10/h2-8H,9H2,1H3,(H,17,20). The van der Waals surface area contributed by atoms with E-state index in [4.69, 9.17) is 0 Å². The first kappa shape index (κ1) is 13.8. The Labute approximate surface area is 125 Å². The topological polar surface area (TPSA) is 49.4 Å². The number of carbonyl (C=O) groups excluding carboxylic acids is 2. The molecule has 0 aliphatic carbocycles. The Hall–Kier alpha value is -2.21. The molecular weight excluding hydrogens is 291 g/mol. The van der Waals surface area contributed by atoms with Crippen LogP contribution in [0.1, 0.15) is 17.4 Å². The molecule has 3 rings (SSSR count). The number of benzene rings is 1. The van der Waals surface area contributed by atoms with E-state index in [1.165, 1.54) is 23.5 Å². The highest BCUT2D eigenvalue weighted by Crippen LogP contribution is 2.32. The van der Waals surface area contributed by atoms with Gasteiger partial charge in [-0.1, -0.05) is 18.2 Å². The minimum absolute atomic E-state index is 0.131. The highest BCUT2D eigenvalue weighted by molar-refractivity contribution is 7.10. The van der Waals surface area contributed by atoms with Crippen LogP contribution < -0.4 is 5.32 Å². The fraction of sp³-hybridized carbons (Fsp3) is 0.200. The lowest BCUT2D eigenvalue weighted by molar-refractivity contribution is -0.131. The van der Waals surface area contributed by atoms with Gasteiger partial charge in [0.2, 0.25) is 0 Å². The summed E-state index contributed by atoms with van der Waals surface area (Å²) in [7, 11) is 0. The molecule has 1 aromatic carbocycles. The fourth-order valence-electron chi connectivity index (χ4n) is 2.34. The SMILES string of the molecule is CC1(c2cccs2)NC(=O)N(Cc2ccc(F)cc2)C1=O. The number of hydrogen-bond acceptors (Lipinski definition) is 3. The molecule has 4 nitrogen and oxygen atoms in total. The van der Waals surface area contributed by atoms with Gasteiger partial charge in [0, 0.05) is 4.88 Å². The molecule has 0 radical (unpaired) electrons. The maximum absolute atomic E-state index is 12.9. The van der Waals surface area contributed by atoms with Gasteiger partial charge in [-0.25, -0.2) is 9.18 Å². The first-order chi connectivity index (χ1) is 10.0. The van der Waals surface area contributed by atoms with E-state index >= 15 is 0 Å². The van der Waals surface area contributed by atoms with Crippen LogP contribution in [0.5, 0.6) is 0 Å². The Kier molecular flexibility index (Phi) is 3.25. The van der Waals surface area contributed by atoms with Crippen LogP contribution in [0.3, 0.4) is 0 Å². The largest absolute Gasteiger partial charge is 0.325 e. The van der Waals surface area contributed by atoms with E-state index in [-0.39, 0.29) is 18.3 Å². The summed E-state index contributed by atoms with van der Waals surface area (Å²) in [6.45, 7) is 1.83. The van der Waals surface area contributed by atoms with Crippen molar-refractivity contribution < 1.29 is 14.0 Å². The van der Waals surface area contributed by atoms with Gasteiger partial charge in [-0.2, -0.15) is 0 Å². The van der Waals surface area contributed by atoms with Crippen LogP contribution in [-0.4, -0.2) is 16.8 Å². The van der Waals surface area contributed by atoms with Crippen molar-refractivity contribution in [3.63, 3.8) is 0 Å². The second kappa shape index (κ2) is 4.96. The smallest absolute Gasteiger partial charge is 0.319 e. The van der Waals surface area contributed by atoms with Gasteiger partial charge in [-0.15, -0.1) is 11.3 Å². The van der Waals surface area contributed by atoms with Crippen molar-refractivity contribution in [2.24, 2.45) is 0 Å². The zero-order valence-electron chi connectivity index (χ0n) is 11.3. The van der Waals surface area contributed by atoms with Crippen molar-refractivity contribution in [3.05, 3.63) is 58.0 Å². The Morgan fingerprint density at radius 2 is 1.95 bits per heavy atom. The summed E-state index contributed by atoms with van der Waals surface area (Å²) >= 11 is 1.42. The fourth-order valence-corrected chi connectivity index (χ4v) is 3.18. The lowest BCUT2D eigenvalue weighted by Crippen LogP contribution is -2.40. The predicted octanol–water partition coefficient (Wildman–Crippen LogP) is 2.85. The molecule has 2 aromatic rings. The van der Waals surface area contributed by atoms with Gasteiger partial charge in [-0.3, -0.25) is 9.69 Å². The van der Waals surface area contributed by atoms with Crippen LogP contribution in [0.4, 0.5) is 9.18 Å². The maximum Gasteiger partial charge on any atom is 0.325 e. The molecule has 0 bridgehead atoms. The molecule has 2 heterocycles. The third-order valence-electron chi connectivity index (χ3n) is 3.54. The summed E-state index contributed by atoms with van der Waals surface area (Å²) in [5, 5.41) is 4.60. The number of imide groups is 1. The van der Waals surface area contributed by atoms with Gasteiger partial charge in [0.25, 0.3) is 5.91 Å². The summed E-state index contributed by atoms with van der Waals surface area (Å²) in [6.07, 6.45) is 0. The van der Waals surface area contributed by atoms with Crippen LogP contribution in [0, 0.1) is 5.82 Å². The number of nitrogens with zero attached hydrogens (tertiary/aromatic N) is 1. The monoisotopic (exact) mass is 304 g/mol. The van der Waals surface area contributed by atoms with Crippen molar-refractivity contribution in [1.29, 1.82) is 0 Å². The molecule has 1 aliphatic rings. The average molecular weight is 304 g/mol. The Balaban J connectivity index is 1.86. The summed E-state index contributed by atoms with van der Waals surface area (Å²) in [5.41, 5.74) is -0.319. The number of thiophene rings is 1. The highest BCUT2D eigenvalue weighted by atomic mass is 32.1. The van der Waals surface area contributed by atoms with Crippen LogP contribution in [-0.2, 0) is 16.9 Å². The molecule has 1 aromatic heterocycles. The van der Waals surface area contributed by atoms with Gasteiger partial charge >= 0.3 is 6.03 Å². The van der Waals surface area contributed by atoms with Crippen LogP contribution in [0.25, 0.3) is 0 Å². The first-order valence-corrected chi connectivity index (χ1v) is 7.31. The van der Waals surface area contributed by atoms with E-state index in [0.29, 0.717) is 5.56 Å². The second-order valence-electron chi connectivity index (χ2n) is 5.05. The third kappa shape index (κ3) is 2.31. The average Bonchev–Trinajstić information content (AvgIpc) is 3.06. The van der Waals surface area contributed by atoms with Gasteiger partial charge in [0.1, 0.15) is 5.82 Å². The van der Waals surface area contributed by atoms with Crippen molar-refractivity contribution in [1.82, 2.24) is 10.2 Å². The second-order valence-corrected chi connectivity index (χ2v) is 6.00. The van der Waals surface area contributed by atoms with Gasteiger partial charge in [0.15, 0.2) is 5.54 Å². The van der Waals surface area contributed by atoms with E-state index < -0.39 is 11.6 Å². The number of amides is 3. The minimum Gasteiger partial charge on any atom is -0.319 e. The normalized spacial score (nSPS) is 21.7. The van der Waals surface area contributed by atoms with E-state index in [9.17, 15) is 14.0 Å². The Bertz CT molecular complexity index is 684. The summed E-state index contributed by atoms with van der Waals surface area (Å²) in [6, 6.07) is 8.99. The van der Waals surface area contributed by atoms with E-state index in [2.05, 4.69) is 5.32 Å². The molecule has 1 N–H and O–H groups in total. The Morgan fingerprint density at radius 1 is 1.24 bits per heavy atom. The number of urea groups is 1. The summed E-state index contributed by atoms with van der Waals surface area (Å²) in [4.78, 5) is 26.6. The highest BCUT2D eigenvalue weighted by Gasteiger charge is 2.49. The quantitative estimate of drug-likeness (QED) is 0.887. The number of halogens is 1. The van der Waals surface area contributed by atoms with Crippen molar-refractivity contribution in [2.45, 2.75) is 19.0 Å². The molecule has 21 heavy (non-hydrogen) atoms. The van der Waals surface area contributed by atoms with Gasteiger partial charge in [0.05, 0.1) is 6.54 Å². The lowest BCUT2D eigenvalue weighted by atomic mass is 10.0. The number of carbonyl (C=O) groups is 2. The summed E-state index contributed by atoms with van der Waals surface area (Å²) < 4.78 is 12.9. The van der Waals surface area contributed by atoms with Crippen molar-refractivity contribution in [3.8, 4) is 0 Å². The van der Waals surface area contributed by atoms with Crippen molar-refractivity contribution >= 4 is 23.3 Å². The Morgan fingerprint density at radius 3 is 2.57 bits per heavy atom. The van der Waals surface area contributed by atoms with Gasteiger partial charge < -0.3 is 5.32 Å². The molecule has 6 heteroatoms.